The van der Waals surface area contributed by atoms with E-state index < -0.39 is 0 Å². The quantitative estimate of drug-likeness (QED) is 0.763. The van der Waals surface area contributed by atoms with Gasteiger partial charge in [-0.1, -0.05) is 0 Å². The van der Waals surface area contributed by atoms with Gasteiger partial charge in [0.15, 0.2) is 5.82 Å². The summed E-state index contributed by atoms with van der Waals surface area (Å²) in [5.74, 6) is 1.76. The number of likely N-dealkylation sites (tertiary alicyclic amines) is 1. The third-order valence-electron chi connectivity index (χ3n) is 4.92. The van der Waals surface area contributed by atoms with Gasteiger partial charge in [-0.3, -0.25) is 9.59 Å². The fourth-order valence-corrected chi connectivity index (χ4v) is 3.46. The molecule has 2 heterocycles. The Kier molecular flexibility index (Phi) is 6.52. The van der Waals surface area contributed by atoms with Crippen molar-refractivity contribution in [2.45, 2.75) is 25.7 Å². The number of hydrogen-bond donors (Lipinski definition) is 2. The highest BCUT2D eigenvalue weighted by Gasteiger charge is 2.26. The third-order valence-corrected chi connectivity index (χ3v) is 4.92. The molecule has 0 saturated carbocycles. The van der Waals surface area contributed by atoms with E-state index in [1.165, 1.54) is 0 Å². The van der Waals surface area contributed by atoms with Gasteiger partial charge in [0, 0.05) is 55.8 Å². The number of carbonyl (C=O) groups is 2. The lowest BCUT2D eigenvalue weighted by Crippen LogP contribution is -2.40. The van der Waals surface area contributed by atoms with Crippen molar-refractivity contribution in [3.05, 3.63) is 36.4 Å². The molecule has 0 bridgehead atoms. The van der Waals surface area contributed by atoms with E-state index in [9.17, 15) is 9.59 Å². The summed E-state index contributed by atoms with van der Waals surface area (Å²) < 4.78 is 10.4. The molecule has 1 aliphatic rings. The van der Waals surface area contributed by atoms with Gasteiger partial charge in [-0.15, -0.1) is 0 Å². The number of nitrogens with zero attached hydrogens (tertiary/aromatic N) is 2. The lowest BCUT2D eigenvalue weighted by molar-refractivity contribution is -0.116. The molecular weight excluding hydrogens is 360 g/mol. The Morgan fingerprint density at radius 3 is 2.64 bits per heavy atom. The van der Waals surface area contributed by atoms with E-state index in [4.69, 9.17) is 9.47 Å². The zero-order chi connectivity index (χ0) is 19.9. The summed E-state index contributed by atoms with van der Waals surface area (Å²) in [7, 11) is 3.14. The van der Waals surface area contributed by atoms with Gasteiger partial charge in [0.1, 0.15) is 11.5 Å². The van der Waals surface area contributed by atoms with Gasteiger partial charge in [0.2, 0.25) is 5.91 Å². The normalized spacial score (nSPS) is 16.5. The van der Waals surface area contributed by atoms with Crippen molar-refractivity contribution < 1.29 is 19.1 Å². The molecule has 0 aliphatic carbocycles. The molecule has 1 aromatic heterocycles. The fraction of sp³-hybridized carbons (Fsp3) is 0.450. The zero-order valence-electron chi connectivity index (χ0n) is 16.2. The molecule has 150 valence electrons. The summed E-state index contributed by atoms with van der Waals surface area (Å²) in [6, 6.07) is 5.26. The highest BCUT2D eigenvalue weighted by molar-refractivity contribution is 5.91. The molecule has 8 nitrogen and oxygen atoms in total. The average Bonchev–Trinajstić information content (AvgIpc) is 3.26. The van der Waals surface area contributed by atoms with Gasteiger partial charge in [0.05, 0.1) is 14.2 Å². The van der Waals surface area contributed by atoms with Crippen LogP contribution >= 0.6 is 0 Å². The maximum Gasteiger partial charge on any atom is 0.289 e. The number of methoxy groups -OCH3 is 2. The average molecular weight is 386 g/mol. The van der Waals surface area contributed by atoms with Gasteiger partial charge < -0.3 is 24.7 Å². The number of amides is 2. The molecule has 1 aliphatic heterocycles. The van der Waals surface area contributed by atoms with Crippen LogP contribution < -0.4 is 14.8 Å². The number of aromatic nitrogens is 2. The van der Waals surface area contributed by atoms with Crippen LogP contribution in [0.4, 0.5) is 5.69 Å². The molecule has 2 N–H and O–H groups in total. The smallest absolute Gasteiger partial charge is 0.289 e. The summed E-state index contributed by atoms with van der Waals surface area (Å²) in [5.41, 5.74) is 0.638. The first kappa shape index (κ1) is 19.7. The van der Waals surface area contributed by atoms with Gasteiger partial charge in [-0.05, 0) is 25.2 Å². The predicted molar refractivity (Wildman–Crippen MR) is 105 cm³/mol. The summed E-state index contributed by atoms with van der Waals surface area (Å²) in [4.78, 5) is 33.5. The second-order valence-corrected chi connectivity index (χ2v) is 6.89. The zero-order valence-corrected chi connectivity index (χ0v) is 16.2. The van der Waals surface area contributed by atoms with Gasteiger partial charge >= 0.3 is 0 Å². The number of piperidine rings is 1. The SMILES string of the molecule is COc1cc(NC(=O)CC[C@@H]2CCCN(C(=O)c3ncc[nH]3)C2)cc(OC)c1. The lowest BCUT2D eigenvalue weighted by atomic mass is 9.93. The van der Waals surface area contributed by atoms with Gasteiger partial charge in [0.25, 0.3) is 5.91 Å². The second kappa shape index (κ2) is 9.25. The molecule has 1 atom stereocenters. The molecule has 2 aromatic rings. The monoisotopic (exact) mass is 386 g/mol. The number of carbonyl (C=O) groups excluding carboxylic acids is 2. The van der Waals surface area contributed by atoms with Gasteiger partial charge in [-0.25, -0.2) is 4.98 Å². The summed E-state index contributed by atoms with van der Waals surface area (Å²) in [5, 5.41) is 2.89. The van der Waals surface area contributed by atoms with E-state index in [-0.39, 0.29) is 11.8 Å². The number of ether oxygens (including phenoxy) is 2. The molecule has 0 spiro atoms. The maximum atomic E-state index is 12.4. The summed E-state index contributed by atoms with van der Waals surface area (Å²) in [6.07, 6.45) is 6.30. The van der Waals surface area contributed by atoms with Crippen LogP contribution in [0, 0.1) is 5.92 Å². The Balaban J connectivity index is 1.51. The molecule has 1 aromatic carbocycles. The first-order valence-electron chi connectivity index (χ1n) is 9.40. The molecular formula is C20H26N4O4. The van der Waals surface area contributed by atoms with E-state index in [0.717, 1.165) is 25.8 Å². The molecule has 0 unspecified atom stereocenters. The van der Waals surface area contributed by atoms with E-state index in [2.05, 4.69) is 15.3 Å². The minimum Gasteiger partial charge on any atom is -0.497 e. The number of hydrogen-bond acceptors (Lipinski definition) is 5. The molecule has 28 heavy (non-hydrogen) atoms. The largest absolute Gasteiger partial charge is 0.497 e. The topological polar surface area (TPSA) is 96.5 Å². The van der Waals surface area contributed by atoms with Crippen molar-refractivity contribution in [3.63, 3.8) is 0 Å². The molecule has 1 saturated heterocycles. The Labute approximate surface area is 164 Å². The number of benzene rings is 1. The molecule has 0 radical (unpaired) electrons. The number of H-pyrrole nitrogens is 1. The van der Waals surface area contributed by atoms with E-state index in [1.54, 1.807) is 44.8 Å². The summed E-state index contributed by atoms with van der Waals surface area (Å²) >= 11 is 0. The van der Waals surface area contributed by atoms with Crippen molar-refractivity contribution in [2.24, 2.45) is 5.92 Å². The number of nitrogens with one attached hydrogen (secondary N) is 2. The first-order valence-corrected chi connectivity index (χ1v) is 9.40. The second-order valence-electron chi connectivity index (χ2n) is 6.89. The van der Waals surface area contributed by atoms with E-state index in [1.807, 2.05) is 4.90 Å². The Hall–Kier alpha value is -3.03. The number of imidazole rings is 1. The standard InChI is InChI=1S/C20H26N4O4/c1-27-16-10-15(11-17(12-16)28-2)23-18(25)6-5-14-4-3-9-24(13-14)20(26)19-21-7-8-22-19/h7-8,10-12,14H,3-6,9,13H2,1-2H3,(H,21,22)(H,23,25)/t14-/m0/s1. The molecule has 3 rings (SSSR count). The van der Waals surface area contributed by atoms with Crippen LogP contribution in [0.1, 0.15) is 36.3 Å². The van der Waals surface area contributed by atoms with E-state index >= 15 is 0 Å². The number of anilines is 1. The minimum atomic E-state index is -0.0809. The summed E-state index contributed by atoms with van der Waals surface area (Å²) in [6.45, 7) is 1.38. The van der Waals surface area contributed by atoms with Crippen molar-refractivity contribution in [1.29, 1.82) is 0 Å². The Morgan fingerprint density at radius 1 is 1.25 bits per heavy atom. The van der Waals surface area contributed by atoms with Crippen molar-refractivity contribution in [3.8, 4) is 11.5 Å². The van der Waals surface area contributed by atoms with Crippen molar-refractivity contribution in [1.82, 2.24) is 14.9 Å². The minimum absolute atomic E-state index is 0.0650. The van der Waals surface area contributed by atoms with Crippen LogP contribution in [-0.2, 0) is 4.79 Å². The molecule has 1 fully saturated rings. The maximum absolute atomic E-state index is 12.4. The fourth-order valence-electron chi connectivity index (χ4n) is 3.46. The lowest BCUT2D eigenvalue weighted by Gasteiger charge is -2.32. The first-order chi connectivity index (χ1) is 13.6. The van der Waals surface area contributed by atoms with Crippen LogP contribution in [0.5, 0.6) is 11.5 Å². The van der Waals surface area contributed by atoms with E-state index in [0.29, 0.717) is 41.9 Å². The Bertz CT molecular complexity index is 784. The van der Waals surface area contributed by atoms with Crippen LogP contribution in [0.15, 0.2) is 30.6 Å². The number of rotatable bonds is 7. The van der Waals surface area contributed by atoms with Crippen molar-refractivity contribution >= 4 is 17.5 Å². The van der Waals surface area contributed by atoms with Crippen molar-refractivity contribution in [2.75, 3.05) is 32.6 Å². The van der Waals surface area contributed by atoms with Crippen LogP contribution in [0.2, 0.25) is 0 Å². The van der Waals surface area contributed by atoms with Gasteiger partial charge in [-0.2, -0.15) is 0 Å². The van der Waals surface area contributed by atoms with Crippen LogP contribution in [0.3, 0.4) is 0 Å². The van der Waals surface area contributed by atoms with Crippen LogP contribution in [0.25, 0.3) is 0 Å². The Morgan fingerprint density at radius 2 is 2.00 bits per heavy atom. The molecule has 8 heteroatoms. The highest BCUT2D eigenvalue weighted by atomic mass is 16.5. The molecule has 2 amide bonds. The van der Waals surface area contributed by atoms with Crippen LogP contribution in [-0.4, -0.2) is 54.0 Å². The number of aromatic amines is 1. The predicted octanol–water partition coefficient (Wildman–Crippen LogP) is 2.70. The highest BCUT2D eigenvalue weighted by Crippen LogP contribution is 2.26. The third kappa shape index (κ3) is 5.03.